The van der Waals surface area contributed by atoms with Crippen LogP contribution >= 0.6 is 31.9 Å². The van der Waals surface area contributed by atoms with Gasteiger partial charge in [0.1, 0.15) is 5.82 Å². The normalized spacial score (nSPS) is 18.8. The second-order valence-corrected chi connectivity index (χ2v) is 6.36. The summed E-state index contributed by atoms with van der Waals surface area (Å²) in [5.41, 5.74) is 1.31. The van der Waals surface area contributed by atoms with Gasteiger partial charge in [-0.2, -0.15) is 0 Å². The predicted molar refractivity (Wildman–Crippen MR) is 83.2 cm³/mol. The van der Waals surface area contributed by atoms with Crippen LogP contribution in [0.25, 0.3) is 0 Å². The molecule has 1 aliphatic rings. The highest BCUT2D eigenvalue weighted by atomic mass is 79.9. The number of nitrogens with zero attached hydrogens (tertiary/aromatic N) is 3. The Kier molecular flexibility index (Phi) is 3.84. The molecule has 0 aromatic carbocycles. The molecule has 3 nitrogen and oxygen atoms in total. The Bertz CT molecular complexity index is 574. The molecule has 0 aliphatic carbocycles. The van der Waals surface area contributed by atoms with E-state index < -0.39 is 0 Å². The van der Waals surface area contributed by atoms with Gasteiger partial charge in [0.05, 0.1) is 10.5 Å². The van der Waals surface area contributed by atoms with Gasteiger partial charge in [0.25, 0.3) is 0 Å². The van der Waals surface area contributed by atoms with Crippen LogP contribution in [-0.2, 0) is 0 Å². The van der Waals surface area contributed by atoms with Gasteiger partial charge in [-0.05, 0) is 68.5 Å². The number of pyridine rings is 2. The van der Waals surface area contributed by atoms with Crippen molar-refractivity contribution >= 4 is 37.7 Å². The molecule has 3 rings (SSSR count). The smallest absolute Gasteiger partial charge is 0.143 e. The van der Waals surface area contributed by atoms with E-state index in [1.165, 1.54) is 12.0 Å². The van der Waals surface area contributed by atoms with Crippen LogP contribution in [0.1, 0.15) is 24.4 Å². The summed E-state index contributed by atoms with van der Waals surface area (Å²) in [7, 11) is 0. The van der Waals surface area contributed by atoms with Gasteiger partial charge in [0, 0.05) is 29.6 Å². The molecule has 2 aromatic heterocycles. The molecule has 1 fully saturated rings. The molecule has 1 atom stereocenters. The molecule has 98 valence electrons. The number of halogens is 2. The Balaban J connectivity index is 1.95. The van der Waals surface area contributed by atoms with Crippen LogP contribution in [-0.4, -0.2) is 16.5 Å². The number of anilines is 1. The molecule has 1 aliphatic heterocycles. The molecule has 0 saturated carbocycles. The zero-order valence-electron chi connectivity index (χ0n) is 10.3. The largest absolute Gasteiger partial charge is 0.349 e. The van der Waals surface area contributed by atoms with E-state index >= 15 is 0 Å². The molecular formula is C14H13Br2N3. The fourth-order valence-corrected chi connectivity index (χ4v) is 3.79. The lowest BCUT2D eigenvalue weighted by atomic mass is 10.1. The van der Waals surface area contributed by atoms with Crippen LogP contribution in [0.4, 0.5) is 5.82 Å². The van der Waals surface area contributed by atoms with Gasteiger partial charge >= 0.3 is 0 Å². The first kappa shape index (κ1) is 13.1. The summed E-state index contributed by atoms with van der Waals surface area (Å²) in [6.07, 6.45) is 7.92. The molecule has 3 heterocycles. The molecule has 5 heteroatoms. The van der Waals surface area contributed by atoms with Gasteiger partial charge in [0.15, 0.2) is 0 Å². The van der Waals surface area contributed by atoms with Crippen molar-refractivity contribution in [2.75, 3.05) is 11.4 Å². The van der Waals surface area contributed by atoms with Crippen molar-refractivity contribution < 1.29 is 0 Å². The summed E-state index contributed by atoms with van der Waals surface area (Å²) >= 11 is 7.06. The fourth-order valence-electron chi connectivity index (χ4n) is 2.57. The molecule has 2 aromatic rings. The highest BCUT2D eigenvalue weighted by molar-refractivity contribution is 9.11. The van der Waals surface area contributed by atoms with E-state index in [2.05, 4.69) is 58.9 Å². The molecular weight excluding hydrogens is 370 g/mol. The number of hydrogen-bond acceptors (Lipinski definition) is 3. The molecule has 0 amide bonds. The number of hydrogen-bond donors (Lipinski definition) is 0. The number of rotatable bonds is 2. The van der Waals surface area contributed by atoms with Crippen molar-refractivity contribution in [3.8, 4) is 0 Å². The molecule has 1 unspecified atom stereocenters. The van der Waals surface area contributed by atoms with Crippen molar-refractivity contribution in [2.45, 2.75) is 18.9 Å². The molecule has 0 N–H and O–H groups in total. The van der Waals surface area contributed by atoms with Crippen molar-refractivity contribution in [1.29, 1.82) is 0 Å². The van der Waals surface area contributed by atoms with Crippen LogP contribution in [0.2, 0.25) is 0 Å². The van der Waals surface area contributed by atoms with E-state index in [0.717, 1.165) is 27.7 Å². The van der Waals surface area contributed by atoms with Crippen LogP contribution in [0, 0.1) is 0 Å². The standard InChI is InChI=1S/C14H13Br2N3/c15-11-8-12(16)14(18-9-11)19-7-1-2-13(19)10-3-5-17-6-4-10/h3-6,8-9,13H,1-2,7H2. The van der Waals surface area contributed by atoms with Crippen molar-refractivity contribution in [3.63, 3.8) is 0 Å². The zero-order valence-corrected chi connectivity index (χ0v) is 13.4. The third-order valence-electron chi connectivity index (χ3n) is 3.40. The Morgan fingerprint density at radius 3 is 2.74 bits per heavy atom. The second kappa shape index (κ2) is 5.59. The maximum Gasteiger partial charge on any atom is 0.143 e. The average molecular weight is 383 g/mol. The van der Waals surface area contributed by atoms with E-state index in [1.807, 2.05) is 24.7 Å². The third-order valence-corrected chi connectivity index (χ3v) is 4.42. The lowest BCUT2D eigenvalue weighted by Gasteiger charge is -2.27. The predicted octanol–water partition coefficient (Wildman–Crippen LogP) is 4.34. The number of aromatic nitrogens is 2. The molecule has 19 heavy (non-hydrogen) atoms. The summed E-state index contributed by atoms with van der Waals surface area (Å²) < 4.78 is 2.02. The zero-order chi connectivity index (χ0) is 13.2. The summed E-state index contributed by atoms with van der Waals surface area (Å²) in [6.45, 7) is 1.04. The molecule has 1 saturated heterocycles. The minimum absolute atomic E-state index is 0.396. The molecule has 0 bridgehead atoms. The minimum atomic E-state index is 0.396. The Labute approximate surface area is 129 Å². The van der Waals surface area contributed by atoms with Gasteiger partial charge in [0.2, 0.25) is 0 Å². The van der Waals surface area contributed by atoms with Crippen LogP contribution < -0.4 is 4.90 Å². The summed E-state index contributed by atoms with van der Waals surface area (Å²) in [4.78, 5) is 11.0. The average Bonchev–Trinajstić information content (AvgIpc) is 2.89. The Morgan fingerprint density at radius 1 is 1.21 bits per heavy atom. The maximum atomic E-state index is 4.55. The Hall–Kier alpha value is -0.940. The quantitative estimate of drug-likeness (QED) is 0.773. The summed E-state index contributed by atoms with van der Waals surface area (Å²) in [5, 5.41) is 0. The summed E-state index contributed by atoms with van der Waals surface area (Å²) in [5.74, 6) is 1.02. The van der Waals surface area contributed by atoms with Gasteiger partial charge in [-0.1, -0.05) is 0 Å². The van der Waals surface area contributed by atoms with Crippen molar-refractivity contribution in [2.24, 2.45) is 0 Å². The topological polar surface area (TPSA) is 29.0 Å². The lowest BCUT2D eigenvalue weighted by Crippen LogP contribution is -2.23. The second-order valence-electron chi connectivity index (χ2n) is 4.59. The Morgan fingerprint density at radius 2 is 2.00 bits per heavy atom. The van der Waals surface area contributed by atoms with E-state index in [0.29, 0.717) is 6.04 Å². The van der Waals surface area contributed by atoms with Crippen molar-refractivity contribution in [3.05, 3.63) is 51.3 Å². The first-order chi connectivity index (χ1) is 9.25. The third kappa shape index (κ3) is 2.67. The lowest BCUT2D eigenvalue weighted by molar-refractivity contribution is 0.709. The van der Waals surface area contributed by atoms with Gasteiger partial charge < -0.3 is 4.90 Å². The van der Waals surface area contributed by atoms with Gasteiger partial charge in [-0.15, -0.1) is 0 Å². The van der Waals surface area contributed by atoms with E-state index in [4.69, 9.17) is 0 Å². The molecule has 0 radical (unpaired) electrons. The monoisotopic (exact) mass is 381 g/mol. The first-order valence-corrected chi connectivity index (χ1v) is 7.82. The van der Waals surface area contributed by atoms with Gasteiger partial charge in [-0.25, -0.2) is 4.98 Å². The SMILES string of the molecule is Brc1cnc(N2CCCC2c2ccncc2)c(Br)c1. The van der Waals surface area contributed by atoms with E-state index in [1.54, 1.807) is 0 Å². The van der Waals surface area contributed by atoms with Gasteiger partial charge in [-0.3, -0.25) is 4.98 Å². The first-order valence-electron chi connectivity index (χ1n) is 6.23. The highest BCUT2D eigenvalue weighted by Crippen LogP contribution is 2.38. The minimum Gasteiger partial charge on any atom is -0.349 e. The highest BCUT2D eigenvalue weighted by Gasteiger charge is 2.28. The fraction of sp³-hybridized carbons (Fsp3) is 0.286. The van der Waals surface area contributed by atoms with E-state index in [-0.39, 0.29) is 0 Å². The van der Waals surface area contributed by atoms with E-state index in [9.17, 15) is 0 Å². The van der Waals surface area contributed by atoms with Crippen molar-refractivity contribution in [1.82, 2.24) is 9.97 Å². The van der Waals surface area contributed by atoms with Crippen LogP contribution in [0.5, 0.6) is 0 Å². The van der Waals surface area contributed by atoms with Crippen LogP contribution in [0.3, 0.4) is 0 Å². The summed E-state index contributed by atoms with van der Waals surface area (Å²) in [6, 6.07) is 6.63. The van der Waals surface area contributed by atoms with Crippen LogP contribution in [0.15, 0.2) is 45.7 Å². The maximum absolute atomic E-state index is 4.55. The molecule has 0 spiro atoms.